The summed E-state index contributed by atoms with van der Waals surface area (Å²) >= 11 is 0. The highest BCUT2D eigenvalue weighted by Crippen LogP contribution is 2.25. The monoisotopic (exact) mass is 207 g/mol. The lowest BCUT2D eigenvalue weighted by Gasteiger charge is -2.04. The first-order valence-corrected chi connectivity index (χ1v) is 5.09. The van der Waals surface area contributed by atoms with E-state index in [0.29, 0.717) is 0 Å². The van der Waals surface area contributed by atoms with Gasteiger partial charge in [-0.25, -0.2) is 4.39 Å². The summed E-state index contributed by atoms with van der Waals surface area (Å²) in [4.78, 5) is 4.12. The Bertz CT molecular complexity index is 354. The molecular weight excluding hydrogens is 189 g/mol. The smallest absolute Gasteiger partial charge is 0.123 e. The Morgan fingerprint density at radius 2 is 2.00 bits per heavy atom. The molecule has 0 saturated heterocycles. The van der Waals surface area contributed by atoms with Crippen molar-refractivity contribution < 1.29 is 4.39 Å². The molecule has 1 nitrogen and oxygen atoms in total. The van der Waals surface area contributed by atoms with Gasteiger partial charge in [0.25, 0.3) is 0 Å². The van der Waals surface area contributed by atoms with Crippen molar-refractivity contribution in [3.63, 3.8) is 0 Å². The molecule has 0 unspecified atom stereocenters. The van der Waals surface area contributed by atoms with Gasteiger partial charge in [-0.15, -0.1) is 0 Å². The molecule has 0 aliphatic heterocycles. The summed E-state index contributed by atoms with van der Waals surface area (Å²) < 4.78 is 12.9. The highest BCUT2D eigenvalue weighted by Gasteiger charge is 2.02. The van der Waals surface area contributed by atoms with E-state index in [1.807, 2.05) is 27.7 Å². The maximum Gasteiger partial charge on any atom is 0.123 e. The van der Waals surface area contributed by atoms with E-state index in [4.69, 9.17) is 0 Å². The van der Waals surface area contributed by atoms with Crippen molar-refractivity contribution in [2.45, 2.75) is 27.7 Å². The van der Waals surface area contributed by atoms with Crippen LogP contribution in [0.25, 0.3) is 5.57 Å². The lowest BCUT2D eigenvalue weighted by molar-refractivity contribution is 0.627. The molecule has 82 valence electrons. The van der Waals surface area contributed by atoms with E-state index in [0.717, 1.165) is 16.8 Å². The van der Waals surface area contributed by atoms with Crippen molar-refractivity contribution in [3.05, 3.63) is 36.2 Å². The number of aliphatic imine (C=N–C) groups is 1. The number of allylic oxidation sites excluding steroid dienone is 1. The normalized spacial score (nSPS) is 9.67. The van der Waals surface area contributed by atoms with Crippen LogP contribution in [0.15, 0.2) is 29.8 Å². The maximum atomic E-state index is 12.9. The third kappa shape index (κ3) is 4.07. The van der Waals surface area contributed by atoms with Crippen molar-refractivity contribution in [1.82, 2.24) is 0 Å². The molecule has 0 N–H and O–H groups in total. The third-order valence-electron chi connectivity index (χ3n) is 1.69. The van der Waals surface area contributed by atoms with Crippen LogP contribution in [0, 0.1) is 5.82 Å². The van der Waals surface area contributed by atoms with E-state index < -0.39 is 0 Å². The fourth-order valence-electron chi connectivity index (χ4n) is 1.10. The minimum atomic E-state index is -0.256. The first-order chi connectivity index (χ1) is 7.15. The predicted octanol–water partition coefficient (Wildman–Crippen LogP) is 4.61. The molecule has 0 aliphatic rings. The van der Waals surface area contributed by atoms with Gasteiger partial charge >= 0.3 is 0 Å². The largest absolute Gasteiger partial charge is 0.261 e. The van der Waals surface area contributed by atoms with Crippen molar-refractivity contribution in [3.8, 4) is 0 Å². The second-order valence-corrected chi connectivity index (χ2v) is 2.83. The van der Waals surface area contributed by atoms with Crippen LogP contribution in [0.1, 0.15) is 33.3 Å². The van der Waals surface area contributed by atoms with Gasteiger partial charge in [-0.05, 0) is 37.6 Å². The Morgan fingerprint density at radius 1 is 1.40 bits per heavy atom. The number of halogens is 1. The summed E-state index contributed by atoms with van der Waals surface area (Å²) in [6, 6.07) is 4.50. The molecule has 0 atom stereocenters. The van der Waals surface area contributed by atoms with Crippen molar-refractivity contribution in [2.24, 2.45) is 4.99 Å². The Kier molecular flexibility index (Phi) is 6.27. The number of hydrogen-bond donors (Lipinski definition) is 0. The fraction of sp³-hybridized carbons (Fsp3) is 0.308. The highest BCUT2D eigenvalue weighted by molar-refractivity contribution is 5.74. The van der Waals surface area contributed by atoms with Crippen LogP contribution in [0.4, 0.5) is 10.1 Å². The zero-order valence-corrected chi connectivity index (χ0v) is 9.84. The molecule has 0 fully saturated rings. The molecule has 0 radical (unpaired) electrons. The van der Waals surface area contributed by atoms with E-state index in [9.17, 15) is 4.39 Å². The van der Waals surface area contributed by atoms with Crippen LogP contribution in [0.5, 0.6) is 0 Å². The van der Waals surface area contributed by atoms with E-state index in [-0.39, 0.29) is 5.82 Å². The zero-order valence-electron chi connectivity index (χ0n) is 9.84. The second-order valence-electron chi connectivity index (χ2n) is 2.83. The Morgan fingerprint density at radius 3 is 2.47 bits per heavy atom. The fourth-order valence-corrected chi connectivity index (χ4v) is 1.10. The predicted molar refractivity (Wildman–Crippen MR) is 66.3 cm³/mol. The number of nitrogens with zero attached hydrogens (tertiary/aromatic N) is 1. The van der Waals surface area contributed by atoms with Crippen LogP contribution >= 0.6 is 0 Å². The van der Waals surface area contributed by atoms with Crippen molar-refractivity contribution >= 4 is 17.5 Å². The number of benzene rings is 1. The van der Waals surface area contributed by atoms with E-state index in [2.05, 4.69) is 11.6 Å². The minimum Gasteiger partial charge on any atom is -0.261 e. The summed E-state index contributed by atoms with van der Waals surface area (Å²) in [6.07, 6.45) is 1.68. The quantitative estimate of drug-likeness (QED) is 0.628. The van der Waals surface area contributed by atoms with Gasteiger partial charge in [-0.2, -0.15) is 0 Å². The molecule has 0 aliphatic carbocycles. The third-order valence-corrected chi connectivity index (χ3v) is 1.69. The van der Waals surface area contributed by atoms with Crippen LogP contribution in [0.3, 0.4) is 0 Å². The van der Waals surface area contributed by atoms with Crippen molar-refractivity contribution in [2.75, 3.05) is 0 Å². The van der Waals surface area contributed by atoms with Crippen LogP contribution in [-0.2, 0) is 0 Å². The Labute approximate surface area is 91.4 Å². The summed E-state index contributed by atoms with van der Waals surface area (Å²) in [5, 5.41) is 0. The number of hydrogen-bond acceptors (Lipinski definition) is 1. The number of rotatable bonds is 2. The van der Waals surface area contributed by atoms with E-state index >= 15 is 0 Å². The SMILES string of the molecule is C=C(C)c1cc(F)ccc1N=CC.CC. The molecule has 0 bridgehead atoms. The molecule has 1 aromatic rings. The Hall–Kier alpha value is -1.44. The van der Waals surface area contributed by atoms with E-state index in [1.165, 1.54) is 12.1 Å². The van der Waals surface area contributed by atoms with Gasteiger partial charge in [0.15, 0.2) is 0 Å². The average molecular weight is 207 g/mol. The molecule has 0 saturated carbocycles. The summed E-state index contributed by atoms with van der Waals surface area (Å²) in [5.74, 6) is -0.256. The molecule has 0 heterocycles. The van der Waals surface area contributed by atoms with Gasteiger partial charge in [0, 0.05) is 11.8 Å². The van der Waals surface area contributed by atoms with Crippen LogP contribution < -0.4 is 0 Å². The minimum absolute atomic E-state index is 0.256. The molecule has 2 heteroatoms. The standard InChI is InChI=1S/C11H12FN.C2H6/c1-4-13-11-6-5-9(12)7-10(11)8(2)3;1-2/h4-7H,2H2,1,3H3;1-2H3. The lowest BCUT2D eigenvalue weighted by Crippen LogP contribution is -1.82. The van der Waals surface area contributed by atoms with Gasteiger partial charge in [0.05, 0.1) is 5.69 Å². The average Bonchev–Trinajstić information content (AvgIpc) is 2.24. The first-order valence-electron chi connectivity index (χ1n) is 5.09. The summed E-state index contributed by atoms with van der Waals surface area (Å²) in [7, 11) is 0. The Balaban J connectivity index is 0.000000921. The van der Waals surface area contributed by atoms with Gasteiger partial charge in [-0.3, -0.25) is 4.99 Å². The molecular formula is C13H18FN. The highest BCUT2D eigenvalue weighted by atomic mass is 19.1. The van der Waals surface area contributed by atoms with Crippen molar-refractivity contribution in [1.29, 1.82) is 0 Å². The molecule has 15 heavy (non-hydrogen) atoms. The van der Waals surface area contributed by atoms with Gasteiger partial charge in [0.1, 0.15) is 5.82 Å². The maximum absolute atomic E-state index is 12.9. The zero-order chi connectivity index (χ0) is 11.8. The van der Waals surface area contributed by atoms with E-state index in [1.54, 1.807) is 12.3 Å². The van der Waals surface area contributed by atoms with Crippen LogP contribution in [0.2, 0.25) is 0 Å². The first kappa shape index (κ1) is 13.6. The molecule has 1 rings (SSSR count). The van der Waals surface area contributed by atoms with Crippen LogP contribution in [-0.4, -0.2) is 6.21 Å². The summed E-state index contributed by atoms with van der Waals surface area (Å²) in [5.41, 5.74) is 2.34. The molecule has 0 spiro atoms. The molecule has 0 aromatic heterocycles. The van der Waals surface area contributed by atoms with Gasteiger partial charge in [-0.1, -0.05) is 20.4 Å². The second kappa shape index (κ2) is 6.93. The molecule has 1 aromatic carbocycles. The van der Waals surface area contributed by atoms with Gasteiger partial charge in [0.2, 0.25) is 0 Å². The lowest BCUT2D eigenvalue weighted by atomic mass is 10.1. The molecule has 0 amide bonds. The topological polar surface area (TPSA) is 12.4 Å². The van der Waals surface area contributed by atoms with Gasteiger partial charge < -0.3 is 0 Å². The summed E-state index contributed by atoms with van der Waals surface area (Å²) in [6.45, 7) is 11.4.